The number of aromatic nitrogens is 2. The van der Waals surface area contributed by atoms with Crippen molar-refractivity contribution in [1.82, 2.24) is 20.2 Å². The number of likely N-dealkylation sites (N-methyl/N-ethyl adjacent to an activating group) is 1. The summed E-state index contributed by atoms with van der Waals surface area (Å²) >= 11 is 0. The SMILES string of the molecule is CCNc1cc(N2CCC[C@@H](CCC(=O)NCCN(C)C)C2)ncn1. The van der Waals surface area contributed by atoms with Crippen LogP contribution in [0.3, 0.4) is 0 Å². The summed E-state index contributed by atoms with van der Waals surface area (Å²) in [4.78, 5) is 25.0. The van der Waals surface area contributed by atoms with Crippen molar-refractivity contribution in [3.63, 3.8) is 0 Å². The topological polar surface area (TPSA) is 73.4 Å². The van der Waals surface area contributed by atoms with Gasteiger partial charge in [-0.3, -0.25) is 4.79 Å². The molecule has 0 bridgehead atoms. The summed E-state index contributed by atoms with van der Waals surface area (Å²) in [6.07, 6.45) is 5.50. The zero-order valence-corrected chi connectivity index (χ0v) is 15.8. The second-order valence-electron chi connectivity index (χ2n) is 6.94. The molecule has 0 radical (unpaired) electrons. The van der Waals surface area contributed by atoms with Gasteiger partial charge in [0, 0.05) is 45.2 Å². The Balaban J connectivity index is 1.78. The monoisotopic (exact) mass is 348 g/mol. The molecule has 2 heterocycles. The van der Waals surface area contributed by atoms with Crippen molar-refractivity contribution in [1.29, 1.82) is 0 Å². The third-order valence-electron chi connectivity index (χ3n) is 4.51. The third kappa shape index (κ3) is 6.86. The lowest BCUT2D eigenvalue weighted by Gasteiger charge is -2.33. The van der Waals surface area contributed by atoms with Crippen LogP contribution in [0.1, 0.15) is 32.6 Å². The van der Waals surface area contributed by atoms with Crippen LogP contribution in [-0.2, 0) is 4.79 Å². The average molecular weight is 348 g/mol. The van der Waals surface area contributed by atoms with E-state index in [1.165, 1.54) is 6.42 Å². The van der Waals surface area contributed by atoms with Gasteiger partial charge < -0.3 is 20.4 Å². The molecule has 1 amide bonds. The minimum absolute atomic E-state index is 0.162. The summed E-state index contributed by atoms with van der Waals surface area (Å²) in [5, 5.41) is 6.23. The van der Waals surface area contributed by atoms with Gasteiger partial charge in [-0.05, 0) is 46.2 Å². The van der Waals surface area contributed by atoms with Gasteiger partial charge in [-0.1, -0.05) is 0 Å². The number of rotatable bonds is 9. The molecule has 1 aliphatic heterocycles. The predicted octanol–water partition coefficient (Wildman–Crippen LogP) is 1.58. The van der Waals surface area contributed by atoms with E-state index in [4.69, 9.17) is 0 Å². The van der Waals surface area contributed by atoms with E-state index in [0.29, 0.717) is 12.3 Å². The molecule has 0 aromatic carbocycles. The Bertz CT molecular complexity index is 536. The molecule has 25 heavy (non-hydrogen) atoms. The van der Waals surface area contributed by atoms with E-state index in [-0.39, 0.29) is 5.91 Å². The van der Waals surface area contributed by atoms with Crippen molar-refractivity contribution in [2.24, 2.45) is 5.92 Å². The highest BCUT2D eigenvalue weighted by Gasteiger charge is 2.21. The smallest absolute Gasteiger partial charge is 0.220 e. The highest BCUT2D eigenvalue weighted by Crippen LogP contribution is 2.25. The molecule has 140 valence electrons. The van der Waals surface area contributed by atoms with E-state index in [1.807, 2.05) is 20.2 Å². The van der Waals surface area contributed by atoms with Crippen molar-refractivity contribution in [3.05, 3.63) is 12.4 Å². The Labute approximate surface area is 151 Å². The van der Waals surface area contributed by atoms with Gasteiger partial charge in [0.2, 0.25) is 5.91 Å². The maximum absolute atomic E-state index is 12.0. The molecule has 1 aromatic heterocycles. The lowest BCUT2D eigenvalue weighted by molar-refractivity contribution is -0.121. The molecule has 7 nitrogen and oxygen atoms in total. The summed E-state index contributed by atoms with van der Waals surface area (Å²) in [6, 6.07) is 2.01. The van der Waals surface area contributed by atoms with E-state index in [2.05, 4.69) is 37.3 Å². The van der Waals surface area contributed by atoms with Crippen LogP contribution in [0.15, 0.2) is 12.4 Å². The molecular weight excluding hydrogens is 316 g/mol. The second kappa shape index (κ2) is 10.2. The molecule has 7 heteroatoms. The van der Waals surface area contributed by atoms with Gasteiger partial charge in [-0.25, -0.2) is 9.97 Å². The number of amides is 1. The zero-order valence-electron chi connectivity index (χ0n) is 15.8. The molecule has 2 rings (SSSR count). The van der Waals surface area contributed by atoms with Crippen LogP contribution in [0.25, 0.3) is 0 Å². The molecule has 1 aliphatic rings. The van der Waals surface area contributed by atoms with Crippen molar-refractivity contribution >= 4 is 17.5 Å². The number of hydrogen-bond donors (Lipinski definition) is 2. The van der Waals surface area contributed by atoms with Crippen LogP contribution in [0.2, 0.25) is 0 Å². The minimum atomic E-state index is 0.162. The van der Waals surface area contributed by atoms with Crippen LogP contribution in [0.5, 0.6) is 0 Å². The molecule has 0 spiro atoms. The van der Waals surface area contributed by atoms with Crippen molar-refractivity contribution < 1.29 is 4.79 Å². The Morgan fingerprint density at radius 2 is 2.24 bits per heavy atom. The average Bonchev–Trinajstić information content (AvgIpc) is 2.60. The number of piperidine rings is 1. The highest BCUT2D eigenvalue weighted by atomic mass is 16.1. The summed E-state index contributed by atoms with van der Waals surface area (Å²) in [6.45, 7) is 6.49. The maximum atomic E-state index is 12.0. The van der Waals surface area contributed by atoms with Crippen molar-refractivity contribution in [2.75, 3.05) is 57.0 Å². The van der Waals surface area contributed by atoms with Crippen LogP contribution in [-0.4, -0.2) is 67.6 Å². The summed E-state index contributed by atoms with van der Waals surface area (Å²) in [7, 11) is 4.02. The molecule has 0 unspecified atom stereocenters. The quantitative estimate of drug-likeness (QED) is 0.706. The second-order valence-corrected chi connectivity index (χ2v) is 6.94. The van der Waals surface area contributed by atoms with Gasteiger partial charge in [0.05, 0.1) is 0 Å². The number of nitrogens with zero attached hydrogens (tertiary/aromatic N) is 4. The van der Waals surface area contributed by atoms with Crippen molar-refractivity contribution in [3.8, 4) is 0 Å². The Morgan fingerprint density at radius 1 is 1.40 bits per heavy atom. The Hall–Kier alpha value is -1.89. The number of hydrogen-bond acceptors (Lipinski definition) is 6. The third-order valence-corrected chi connectivity index (χ3v) is 4.51. The predicted molar refractivity (Wildman–Crippen MR) is 102 cm³/mol. The van der Waals surface area contributed by atoms with E-state index in [9.17, 15) is 4.79 Å². The first-order chi connectivity index (χ1) is 12.1. The van der Waals surface area contributed by atoms with Gasteiger partial charge >= 0.3 is 0 Å². The largest absolute Gasteiger partial charge is 0.370 e. The maximum Gasteiger partial charge on any atom is 0.220 e. The molecule has 1 atom stereocenters. The minimum Gasteiger partial charge on any atom is -0.370 e. The van der Waals surface area contributed by atoms with Crippen LogP contribution in [0.4, 0.5) is 11.6 Å². The Kier molecular flexibility index (Phi) is 7.91. The molecule has 1 saturated heterocycles. The summed E-state index contributed by atoms with van der Waals surface area (Å²) in [5.74, 6) is 2.56. The molecule has 1 aromatic rings. The van der Waals surface area contributed by atoms with E-state index >= 15 is 0 Å². The lowest BCUT2D eigenvalue weighted by Crippen LogP contribution is -2.37. The van der Waals surface area contributed by atoms with Crippen LogP contribution < -0.4 is 15.5 Å². The van der Waals surface area contributed by atoms with Crippen LogP contribution in [0, 0.1) is 5.92 Å². The van der Waals surface area contributed by atoms with Gasteiger partial charge in [-0.15, -0.1) is 0 Å². The first-order valence-corrected chi connectivity index (χ1v) is 9.30. The Morgan fingerprint density at radius 3 is 3.00 bits per heavy atom. The first kappa shape index (κ1) is 19.4. The summed E-state index contributed by atoms with van der Waals surface area (Å²) in [5.41, 5.74) is 0. The normalized spacial score (nSPS) is 17.6. The molecule has 0 aliphatic carbocycles. The fourth-order valence-electron chi connectivity index (χ4n) is 3.15. The van der Waals surface area contributed by atoms with Crippen LogP contribution >= 0.6 is 0 Å². The summed E-state index contributed by atoms with van der Waals surface area (Å²) < 4.78 is 0. The number of nitrogens with one attached hydrogen (secondary N) is 2. The van der Waals surface area contributed by atoms with E-state index in [1.54, 1.807) is 6.33 Å². The number of carbonyl (C=O) groups excluding carboxylic acids is 1. The fourth-order valence-corrected chi connectivity index (χ4v) is 3.15. The standard InChI is InChI=1S/C18H32N6O/c1-4-19-16-12-17(22-14-21-16)24-10-5-6-15(13-24)7-8-18(25)20-9-11-23(2)3/h12,14-15H,4-11,13H2,1-3H3,(H,20,25)(H,19,21,22)/t15-/m0/s1. The molecule has 1 fully saturated rings. The fraction of sp³-hybridized carbons (Fsp3) is 0.722. The van der Waals surface area contributed by atoms with Gasteiger partial charge in [0.15, 0.2) is 0 Å². The molecular formula is C18H32N6O. The highest BCUT2D eigenvalue weighted by molar-refractivity contribution is 5.75. The lowest BCUT2D eigenvalue weighted by atomic mass is 9.93. The molecule has 0 saturated carbocycles. The van der Waals surface area contributed by atoms with Gasteiger partial charge in [-0.2, -0.15) is 0 Å². The zero-order chi connectivity index (χ0) is 18.1. The van der Waals surface area contributed by atoms with E-state index < -0.39 is 0 Å². The molecule has 2 N–H and O–H groups in total. The van der Waals surface area contributed by atoms with Gasteiger partial charge in [0.25, 0.3) is 0 Å². The van der Waals surface area contributed by atoms with Crippen molar-refractivity contribution in [2.45, 2.75) is 32.6 Å². The number of anilines is 2. The number of carbonyl (C=O) groups is 1. The first-order valence-electron chi connectivity index (χ1n) is 9.30. The van der Waals surface area contributed by atoms with Gasteiger partial charge in [0.1, 0.15) is 18.0 Å². The van der Waals surface area contributed by atoms with E-state index in [0.717, 1.165) is 57.2 Å².